The van der Waals surface area contributed by atoms with Crippen LogP contribution in [0.1, 0.15) is 0 Å². The summed E-state index contributed by atoms with van der Waals surface area (Å²) in [7, 11) is 1.33. The van der Waals surface area contributed by atoms with Crippen LogP contribution in [0.4, 0.5) is 0 Å². The molecular formula is C7H14O6. The predicted molar refractivity (Wildman–Crippen MR) is 40.8 cm³/mol. The van der Waals surface area contributed by atoms with Gasteiger partial charge < -0.3 is 29.9 Å². The monoisotopic (exact) mass is 194 g/mol. The van der Waals surface area contributed by atoms with Gasteiger partial charge in [0, 0.05) is 7.11 Å². The lowest BCUT2D eigenvalue weighted by atomic mass is 10.1. The SMILES string of the molecule is COCC1(O)O[C@H](CO)[C@H](O)[C@@H]1O. The molecule has 0 amide bonds. The average Bonchev–Trinajstić information content (AvgIpc) is 2.31. The van der Waals surface area contributed by atoms with Crippen LogP contribution in [0, 0.1) is 0 Å². The Bertz CT molecular complexity index is 174. The Labute approximate surface area is 75.3 Å². The van der Waals surface area contributed by atoms with E-state index in [2.05, 4.69) is 4.74 Å². The summed E-state index contributed by atoms with van der Waals surface area (Å²) in [5.74, 6) is -1.93. The van der Waals surface area contributed by atoms with Crippen molar-refractivity contribution in [3.05, 3.63) is 0 Å². The van der Waals surface area contributed by atoms with Crippen molar-refractivity contribution in [1.29, 1.82) is 0 Å². The van der Waals surface area contributed by atoms with Crippen molar-refractivity contribution >= 4 is 0 Å². The fourth-order valence-electron chi connectivity index (χ4n) is 1.34. The molecule has 0 aromatic heterocycles. The molecule has 78 valence electrons. The molecule has 0 saturated carbocycles. The highest BCUT2D eigenvalue weighted by molar-refractivity contribution is 4.95. The number of ether oxygens (including phenoxy) is 2. The fourth-order valence-corrected chi connectivity index (χ4v) is 1.34. The van der Waals surface area contributed by atoms with Gasteiger partial charge in [0.1, 0.15) is 24.9 Å². The van der Waals surface area contributed by atoms with Crippen LogP contribution in [0.25, 0.3) is 0 Å². The number of aliphatic hydroxyl groups excluding tert-OH is 3. The van der Waals surface area contributed by atoms with Crippen molar-refractivity contribution in [2.24, 2.45) is 0 Å². The number of hydrogen-bond donors (Lipinski definition) is 4. The third kappa shape index (κ3) is 1.83. The highest BCUT2D eigenvalue weighted by Crippen LogP contribution is 2.29. The van der Waals surface area contributed by atoms with Gasteiger partial charge in [-0.25, -0.2) is 0 Å². The molecule has 4 atom stereocenters. The minimum absolute atomic E-state index is 0.262. The molecule has 4 N–H and O–H groups in total. The van der Waals surface area contributed by atoms with Crippen LogP contribution in [0.5, 0.6) is 0 Å². The van der Waals surface area contributed by atoms with Gasteiger partial charge in [-0.15, -0.1) is 0 Å². The zero-order chi connectivity index (χ0) is 10.1. The first kappa shape index (κ1) is 10.8. The number of rotatable bonds is 3. The second-order valence-electron chi connectivity index (χ2n) is 3.05. The quantitative estimate of drug-likeness (QED) is 0.394. The highest BCUT2D eigenvalue weighted by Gasteiger charge is 2.53. The van der Waals surface area contributed by atoms with Gasteiger partial charge in [-0.3, -0.25) is 0 Å². The minimum Gasteiger partial charge on any atom is -0.394 e. The number of aliphatic hydroxyl groups is 4. The minimum atomic E-state index is -1.93. The van der Waals surface area contributed by atoms with E-state index in [0.29, 0.717) is 0 Å². The standard InChI is InChI=1S/C7H14O6/c1-12-3-7(11)6(10)5(9)4(2-8)13-7/h4-6,8-11H,2-3H2,1H3/t4-,5+,6+,7?/m1/s1. The van der Waals surface area contributed by atoms with E-state index in [0.717, 1.165) is 0 Å². The summed E-state index contributed by atoms with van der Waals surface area (Å²) < 4.78 is 9.46. The Balaban J connectivity index is 2.69. The van der Waals surface area contributed by atoms with Gasteiger partial charge in [0.2, 0.25) is 5.79 Å². The maximum atomic E-state index is 9.56. The van der Waals surface area contributed by atoms with E-state index < -0.39 is 30.7 Å². The van der Waals surface area contributed by atoms with E-state index in [-0.39, 0.29) is 6.61 Å². The lowest BCUT2D eigenvalue weighted by Gasteiger charge is -2.24. The van der Waals surface area contributed by atoms with E-state index in [9.17, 15) is 15.3 Å². The molecular weight excluding hydrogens is 180 g/mol. The number of methoxy groups -OCH3 is 1. The van der Waals surface area contributed by atoms with Crippen molar-refractivity contribution in [3.8, 4) is 0 Å². The molecule has 0 aliphatic carbocycles. The third-order valence-corrected chi connectivity index (χ3v) is 2.05. The normalized spacial score (nSPS) is 45.5. The van der Waals surface area contributed by atoms with Gasteiger partial charge in [0.05, 0.1) is 6.61 Å². The average molecular weight is 194 g/mol. The third-order valence-electron chi connectivity index (χ3n) is 2.05. The summed E-state index contributed by atoms with van der Waals surface area (Å²) in [5.41, 5.74) is 0. The van der Waals surface area contributed by atoms with Crippen molar-refractivity contribution in [2.45, 2.75) is 24.1 Å². The van der Waals surface area contributed by atoms with Crippen molar-refractivity contribution in [2.75, 3.05) is 20.3 Å². The summed E-state index contributed by atoms with van der Waals surface area (Å²) in [4.78, 5) is 0. The molecule has 13 heavy (non-hydrogen) atoms. The van der Waals surface area contributed by atoms with Gasteiger partial charge >= 0.3 is 0 Å². The molecule has 0 spiro atoms. The fraction of sp³-hybridized carbons (Fsp3) is 1.00. The Morgan fingerprint density at radius 2 is 2.08 bits per heavy atom. The van der Waals surface area contributed by atoms with Crippen LogP contribution in [0.15, 0.2) is 0 Å². The number of hydrogen-bond acceptors (Lipinski definition) is 6. The molecule has 1 saturated heterocycles. The molecule has 0 bridgehead atoms. The Kier molecular flexibility index (Phi) is 3.23. The lowest BCUT2D eigenvalue weighted by molar-refractivity contribution is -0.251. The topological polar surface area (TPSA) is 99.4 Å². The van der Waals surface area contributed by atoms with Gasteiger partial charge in [-0.2, -0.15) is 0 Å². The zero-order valence-corrected chi connectivity index (χ0v) is 7.25. The van der Waals surface area contributed by atoms with Gasteiger partial charge in [0.25, 0.3) is 0 Å². The Hall–Kier alpha value is -0.240. The summed E-state index contributed by atoms with van der Waals surface area (Å²) in [6, 6.07) is 0. The van der Waals surface area contributed by atoms with E-state index in [1.165, 1.54) is 7.11 Å². The lowest BCUT2D eigenvalue weighted by Crippen LogP contribution is -2.46. The molecule has 6 heteroatoms. The van der Waals surface area contributed by atoms with Crippen molar-refractivity contribution in [1.82, 2.24) is 0 Å². The van der Waals surface area contributed by atoms with Crippen molar-refractivity contribution < 1.29 is 29.9 Å². The van der Waals surface area contributed by atoms with E-state index in [1.54, 1.807) is 0 Å². The molecule has 0 radical (unpaired) electrons. The summed E-state index contributed by atoms with van der Waals surface area (Å²) in [6.45, 7) is -0.730. The largest absolute Gasteiger partial charge is 0.394 e. The highest BCUT2D eigenvalue weighted by atomic mass is 16.7. The molecule has 0 aromatic rings. The van der Waals surface area contributed by atoms with Crippen molar-refractivity contribution in [3.63, 3.8) is 0 Å². The second-order valence-corrected chi connectivity index (χ2v) is 3.05. The van der Waals surface area contributed by atoms with E-state index in [1.807, 2.05) is 0 Å². The van der Waals surface area contributed by atoms with Crippen LogP contribution in [-0.4, -0.2) is 64.8 Å². The van der Waals surface area contributed by atoms with Crippen LogP contribution in [0.3, 0.4) is 0 Å². The molecule has 1 rings (SSSR count). The molecule has 1 aliphatic rings. The Morgan fingerprint density at radius 1 is 1.46 bits per heavy atom. The van der Waals surface area contributed by atoms with E-state index in [4.69, 9.17) is 9.84 Å². The maximum Gasteiger partial charge on any atom is 0.219 e. The maximum absolute atomic E-state index is 9.56. The summed E-state index contributed by atoms with van der Waals surface area (Å²) in [5, 5.41) is 36.9. The smallest absolute Gasteiger partial charge is 0.219 e. The molecule has 1 aliphatic heterocycles. The second kappa shape index (κ2) is 3.87. The molecule has 6 nitrogen and oxygen atoms in total. The van der Waals surface area contributed by atoms with Crippen LogP contribution < -0.4 is 0 Å². The van der Waals surface area contributed by atoms with E-state index >= 15 is 0 Å². The molecule has 0 aromatic carbocycles. The zero-order valence-electron chi connectivity index (χ0n) is 7.25. The van der Waals surface area contributed by atoms with Crippen LogP contribution in [-0.2, 0) is 9.47 Å². The van der Waals surface area contributed by atoms with Crippen LogP contribution in [0.2, 0.25) is 0 Å². The molecule has 1 fully saturated rings. The summed E-state index contributed by atoms with van der Waals surface area (Å²) >= 11 is 0. The predicted octanol–water partition coefficient (Wildman–Crippen LogP) is -2.57. The van der Waals surface area contributed by atoms with Gasteiger partial charge in [-0.1, -0.05) is 0 Å². The Morgan fingerprint density at radius 3 is 2.46 bits per heavy atom. The first-order valence-electron chi connectivity index (χ1n) is 3.91. The first-order chi connectivity index (χ1) is 6.05. The van der Waals surface area contributed by atoms with Crippen LogP contribution >= 0.6 is 0 Å². The molecule has 1 unspecified atom stereocenters. The van der Waals surface area contributed by atoms with Gasteiger partial charge in [-0.05, 0) is 0 Å². The van der Waals surface area contributed by atoms with Gasteiger partial charge in [0.15, 0.2) is 0 Å². The molecule has 1 heterocycles. The summed E-state index contributed by atoms with van der Waals surface area (Å²) in [6.07, 6.45) is -3.75. The first-order valence-corrected chi connectivity index (χ1v) is 3.91.